The molecule has 3 aliphatic heterocycles. The van der Waals surface area contributed by atoms with Gasteiger partial charge in [0.15, 0.2) is 0 Å². The molecular weight excluding hydrogens is 1200 g/mol. The van der Waals surface area contributed by atoms with E-state index in [1.165, 1.54) is 42.4 Å². The zero-order valence-corrected chi connectivity index (χ0v) is 53.5. The quantitative estimate of drug-likeness (QED) is 0.0386. The van der Waals surface area contributed by atoms with Gasteiger partial charge in [0.1, 0.15) is 42.9 Å². The number of hydrogen-bond donors (Lipinski definition) is 11. The highest BCUT2D eigenvalue weighted by molar-refractivity contribution is 5.97. The lowest BCUT2D eigenvalue weighted by Gasteiger charge is -2.31. The fourth-order valence-electron chi connectivity index (χ4n) is 11.1. The number of amides is 9. The molecule has 0 unspecified atom stereocenters. The molecule has 2 saturated heterocycles. The van der Waals surface area contributed by atoms with Gasteiger partial charge in [-0.15, -0.1) is 0 Å². The first-order valence-corrected chi connectivity index (χ1v) is 32.6. The van der Waals surface area contributed by atoms with Gasteiger partial charge in [-0.05, 0) is 90.0 Å². The Morgan fingerprint density at radius 1 is 0.554 bits per heavy atom. The molecule has 0 aromatic heterocycles. The number of nitrogens with two attached hydrogens (primary N) is 1. The van der Waals surface area contributed by atoms with Crippen molar-refractivity contribution in [3.63, 3.8) is 0 Å². The van der Waals surface area contributed by atoms with E-state index in [9.17, 15) is 77.6 Å². The smallest absolute Gasteiger partial charge is 0.317 e. The molecule has 0 aromatic rings. The number of carbonyl (C=O) groups is 13. The number of likely N-dealkylation sites (tertiary alicyclic amines) is 2. The molecule has 30 nitrogen and oxygen atoms in total. The molecule has 92 heavy (non-hydrogen) atoms. The fraction of sp³-hybridized carbons (Fsp3) is 0.742. The summed E-state index contributed by atoms with van der Waals surface area (Å²) in [5.41, 5.74) is 6.14. The number of nitrogens with one attached hydrogen (secondary N) is 6. The van der Waals surface area contributed by atoms with Crippen LogP contribution in [0, 0.1) is 0 Å². The third kappa shape index (κ3) is 33.6. The minimum absolute atomic E-state index is 0.0103. The van der Waals surface area contributed by atoms with Gasteiger partial charge in [0.2, 0.25) is 53.2 Å². The number of nitrogens with zero attached hydrogens (tertiary/aromatic N) is 4. The fourth-order valence-corrected chi connectivity index (χ4v) is 11.1. The normalized spacial score (nSPS) is 16.4. The lowest BCUT2D eigenvalue weighted by atomic mass is 10.0. The van der Waals surface area contributed by atoms with Gasteiger partial charge in [0, 0.05) is 77.1 Å². The highest BCUT2D eigenvalue weighted by Gasteiger charge is 2.43. The van der Waals surface area contributed by atoms with Crippen LogP contribution in [0.15, 0.2) is 16.8 Å². The maximum Gasteiger partial charge on any atom is 0.317 e. The largest absolute Gasteiger partial charge is 0.481 e. The average molecular weight is 1300 g/mol. The molecule has 9 amide bonds. The summed E-state index contributed by atoms with van der Waals surface area (Å²) in [6.07, 6.45) is 18.2. The molecular formula is C62H101N11O19. The van der Waals surface area contributed by atoms with Crippen LogP contribution in [-0.4, -0.2) is 227 Å². The van der Waals surface area contributed by atoms with E-state index in [0.29, 0.717) is 57.3 Å². The Bertz CT molecular complexity index is 2470. The number of aliphatic imine (C=N–C) groups is 1. The Kier molecular flexibility index (Phi) is 39.0. The van der Waals surface area contributed by atoms with Crippen molar-refractivity contribution in [3.05, 3.63) is 11.8 Å². The van der Waals surface area contributed by atoms with Crippen molar-refractivity contribution in [2.75, 3.05) is 72.2 Å². The second-order valence-electron chi connectivity index (χ2n) is 23.6. The number of ether oxygens (including phenoxy) is 2. The van der Waals surface area contributed by atoms with Crippen molar-refractivity contribution in [2.24, 2.45) is 10.7 Å². The van der Waals surface area contributed by atoms with Gasteiger partial charge in [-0.2, -0.15) is 0 Å². The molecule has 0 bridgehead atoms. The van der Waals surface area contributed by atoms with E-state index in [1.807, 2.05) is 0 Å². The van der Waals surface area contributed by atoms with Gasteiger partial charge in [0.25, 0.3) is 0 Å². The second-order valence-corrected chi connectivity index (χ2v) is 23.6. The third-order valence-electron chi connectivity index (χ3n) is 16.0. The predicted molar refractivity (Wildman–Crippen MR) is 334 cm³/mol. The van der Waals surface area contributed by atoms with Gasteiger partial charge in [-0.25, -0.2) is 0 Å². The van der Waals surface area contributed by atoms with E-state index in [4.69, 9.17) is 20.3 Å². The molecule has 3 rings (SSSR count). The maximum atomic E-state index is 14.3. The van der Waals surface area contributed by atoms with E-state index in [1.54, 1.807) is 12.3 Å². The Morgan fingerprint density at radius 2 is 1.08 bits per heavy atom. The molecule has 0 aliphatic carbocycles. The summed E-state index contributed by atoms with van der Waals surface area (Å²) in [5, 5.41) is 52.9. The number of hydrogen-bond acceptors (Lipinski definition) is 17. The topological polar surface area (TPSA) is 442 Å². The zero-order valence-electron chi connectivity index (χ0n) is 53.5. The summed E-state index contributed by atoms with van der Waals surface area (Å²) >= 11 is 0. The molecule has 30 heteroatoms. The van der Waals surface area contributed by atoms with Crippen molar-refractivity contribution < 1.29 is 92.2 Å². The van der Waals surface area contributed by atoms with Gasteiger partial charge in [-0.1, -0.05) is 70.3 Å². The summed E-state index contributed by atoms with van der Waals surface area (Å²) in [6.45, 7) is 1.54. The summed E-state index contributed by atoms with van der Waals surface area (Å²) in [4.78, 5) is 174. The van der Waals surface area contributed by atoms with Gasteiger partial charge in [-0.3, -0.25) is 72.2 Å². The first kappa shape index (κ1) is 78.6. The van der Waals surface area contributed by atoms with Crippen LogP contribution >= 0.6 is 0 Å². The number of primary amides is 1. The van der Waals surface area contributed by atoms with E-state index in [-0.39, 0.29) is 109 Å². The first-order chi connectivity index (χ1) is 44.1. The average Bonchev–Trinajstić information content (AvgIpc) is 1.64. The number of unbranched alkanes of at least 4 members (excludes halogenated alkanes) is 13. The summed E-state index contributed by atoms with van der Waals surface area (Å²) in [7, 11) is 0. The SMILES string of the molecule is CC(=O)N1CCC[C@H]1C(=O)N1CCC[C@H]1C(=O)N[C@@H](CC1=CCC=N1)C(=O)N[C@@H](CCC(=O)O)C(=O)N[C@@H](CCCCN(CC(=O)O)CC(=O)O)C(=O)N[C@@H](CCCCNC(=O)COCCOCCNC(=O)CCCCCCCCCCCCCCC(=O)O)C(N)=O. The van der Waals surface area contributed by atoms with Crippen LogP contribution in [0.5, 0.6) is 0 Å². The van der Waals surface area contributed by atoms with E-state index in [2.05, 4.69) is 36.9 Å². The lowest BCUT2D eigenvalue weighted by molar-refractivity contribution is -0.146. The van der Waals surface area contributed by atoms with Crippen LogP contribution in [0.3, 0.4) is 0 Å². The molecule has 0 spiro atoms. The minimum atomic E-state index is -1.64. The number of carboxylic acids is 4. The van der Waals surface area contributed by atoms with E-state index in [0.717, 1.165) is 56.3 Å². The third-order valence-corrected chi connectivity index (χ3v) is 16.0. The van der Waals surface area contributed by atoms with Gasteiger partial charge in [0.05, 0.1) is 32.9 Å². The Hall–Kier alpha value is -7.60. The second kappa shape index (κ2) is 45.6. The van der Waals surface area contributed by atoms with Crippen molar-refractivity contribution in [1.82, 2.24) is 46.6 Å². The van der Waals surface area contributed by atoms with Crippen molar-refractivity contribution in [2.45, 2.75) is 223 Å². The standard InChI is InChI=1S/C62H101N11O19/c1-43(74)72-34-20-25-50(72)62(90)73-35-19-24-49(73)61(89)70-48(39-44-21-18-31-64-44)60(88)69-47(28-29-54(79)80)59(87)68-46(23-15-17-33-71(40-55(81)82)41-56(83)84)58(86)67-45(57(63)85)22-14-16-30-65-52(76)42-92-38-37-91-36-32-66-51(75)26-12-10-8-6-4-2-3-5-7-9-11-13-27-53(77)78/h21,31,45-50H,2-20,22-30,32-42H2,1H3,(H2,63,85)(H,65,76)(H,66,75)(H,67,86)(H,68,87)(H,69,88)(H,70,89)(H,77,78)(H,79,80)(H,81,82)(H,83,84)/t45-,46-,47-,48-,49-,50-/m0/s1. The van der Waals surface area contributed by atoms with Crippen molar-refractivity contribution in [1.29, 1.82) is 0 Å². The van der Waals surface area contributed by atoms with Crippen LogP contribution in [0.4, 0.5) is 0 Å². The molecule has 6 atom stereocenters. The summed E-state index contributed by atoms with van der Waals surface area (Å²) < 4.78 is 10.9. The van der Waals surface area contributed by atoms with Crippen LogP contribution in [0.1, 0.15) is 187 Å². The molecule has 0 aromatic carbocycles. The number of allylic oxidation sites excluding steroid dienone is 1. The van der Waals surface area contributed by atoms with Crippen molar-refractivity contribution in [3.8, 4) is 0 Å². The van der Waals surface area contributed by atoms with Crippen molar-refractivity contribution >= 4 is 83.3 Å². The molecule has 2 fully saturated rings. The van der Waals surface area contributed by atoms with Crippen LogP contribution in [-0.2, 0) is 71.8 Å². The number of carboxylic acid groups (broad SMARTS) is 4. The molecule has 3 heterocycles. The molecule has 12 N–H and O–H groups in total. The molecule has 3 aliphatic rings. The first-order valence-electron chi connectivity index (χ1n) is 32.6. The molecule has 0 radical (unpaired) electrons. The van der Waals surface area contributed by atoms with E-state index < -0.39 is 127 Å². The van der Waals surface area contributed by atoms with Gasteiger partial charge < -0.3 is 77.3 Å². The van der Waals surface area contributed by atoms with E-state index >= 15 is 0 Å². The van der Waals surface area contributed by atoms with Crippen LogP contribution in [0.2, 0.25) is 0 Å². The monoisotopic (exact) mass is 1300 g/mol. The summed E-state index contributed by atoms with van der Waals surface area (Å²) in [6, 6.07) is -7.58. The number of rotatable bonds is 52. The molecule has 518 valence electrons. The maximum absolute atomic E-state index is 14.3. The summed E-state index contributed by atoms with van der Waals surface area (Å²) in [5.74, 6) is -10.3. The highest BCUT2D eigenvalue weighted by atomic mass is 16.5. The Morgan fingerprint density at radius 3 is 1.65 bits per heavy atom. The Balaban J connectivity index is 1.51. The minimum Gasteiger partial charge on any atom is -0.481 e. The highest BCUT2D eigenvalue weighted by Crippen LogP contribution is 2.26. The molecule has 0 saturated carbocycles. The van der Waals surface area contributed by atoms with Crippen LogP contribution < -0.4 is 37.6 Å². The predicted octanol–water partition coefficient (Wildman–Crippen LogP) is 1.65. The van der Waals surface area contributed by atoms with Crippen LogP contribution in [0.25, 0.3) is 0 Å². The zero-order chi connectivity index (χ0) is 67.6. The number of carbonyl (C=O) groups excluding carboxylic acids is 9. The lowest BCUT2D eigenvalue weighted by Crippen LogP contribution is -2.59. The number of aliphatic carboxylic acids is 4. The van der Waals surface area contributed by atoms with Gasteiger partial charge >= 0.3 is 23.9 Å². The Labute approximate surface area is 538 Å².